The van der Waals surface area contributed by atoms with Gasteiger partial charge in [-0.3, -0.25) is 4.79 Å². The van der Waals surface area contributed by atoms with Crippen LogP contribution < -0.4 is 15.4 Å². The summed E-state index contributed by atoms with van der Waals surface area (Å²) < 4.78 is 5.24. The lowest BCUT2D eigenvalue weighted by atomic mass is 10.1. The molecule has 0 radical (unpaired) electrons. The van der Waals surface area contributed by atoms with Gasteiger partial charge < -0.3 is 20.5 Å². The molecule has 0 aliphatic rings. The molecule has 0 aliphatic heterocycles. The molecule has 0 saturated carbocycles. The fourth-order valence-corrected chi connectivity index (χ4v) is 1.64. The Labute approximate surface area is 107 Å². The first-order valence-electron chi connectivity index (χ1n) is 5.93. The molecule has 5 nitrogen and oxygen atoms in total. The van der Waals surface area contributed by atoms with Crippen LogP contribution in [0.4, 0.5) is 5.69 Å². The van der Waals surface area contributed by atoms with Gasteiger partial charge in [-0.1, -0.05) is 13.0 Å². The molecule has 0 spiro atoms. The van der Waals surface area contributed by atoms with E-state index in [1.165, 1.54) is 5.56 Å². The van der Waals surface area contributed by atoms with Crippen molar-refractivity contribution in [2.24, 2.45) is 0 Å². The Morgan fingerprint density at radius 2 is 2.22 bits per heavy atom. The molecular formula is C13H20N2O3. The van der Waals surface area contributed by atoms with Crippen LogP contribution in [0.3, 0.4) is 0 Å². The standard InChI is InChI=1S/C13H20N2O3/c1-4-9-5-6-12(18-3)10(7-9)15-8-11(14-2)13(16)17/h5-7,11,14-15H,4,8H2,1-3H3,(H,16,17). The fraction of sp³-hybridized carbons (Fsp3) is 0.462. The third kappa shape index (κ3) is 3.63. The number of methoxy groups -OCH3 is 1. The van der Waals surface area contributed by atoms with Gasteiger partial charge in [-0.05, 0) is 31.2 Å². The third-order valence-electron chi connectivity index (χ3n) is 2.82. The molecule has 1 aromatic carbocycles. The number of ether oxygens (including phenoxy) is 1. The van der Waals surface area contributed by atoms with Crippen LogP contribution >= 0.6 is 0 Å². The van der Waals surface area contributed by atoms with Gasteiger partial charge in [-0.15, -0.1) is 0 Å². The van der Waals surface area contributed by atoms with E-state index in [1.807, 2.05) is 18.2 Å². The SMILES string of the molecule is CCc1ccc(OC)c(NCC(NC)C(=O)O)c1. The number of nitrogens with one attached hydrogen (secondary N) is 2. The van der Waals surface area contributed by atoms with Gasteiger partial charge in [0.2, 0.25) is 0 Å². The number of benzene rings is 1. The van der Waals surface area contributed by atoms with Crippen molar-refractivity contribution in [2.75, 3.05) is 26.0 Å². The number of aryl methyl sites for hydroxylation is 1. The van der Waals surface area contributed by atoms with Gasteiger partial charge in [0.05, 0.1) is 12.8 Å². The van der Waals surface area contributed by atoms with E-state index in [0.29, 0.717) is 12.3 Å². The summed E-state index contributed by atoms with van der Waals surface area (Å²) >= 11 is 0. The second-order valence-corrected chi connectivity index (χ2v) is 3.95. The fourth-order valence-electron chi connectivity index (χ4n) is 1.64. The smallest absolute Gasteiger partial charge is 0.322 e. The average Bonchev–Trinajstić information content (AvgIpc) is 2.38. The quantitative estimate of drug-likeness (QED) is 0.683. The predicted molar refractivity (Wildman–Crippen MR) is 71.3 cm³/mol. The summed E-state index contributed by atoms with van der Waals surface area (Å²) in [6, 6.07) is 5.24. The van der Waals surface area contributed by atoms with Gasteiger partial charge in [0, 0.05) is 6.54 Å². The second-order valence-electron chi connectivity index (χ2n) is 3.95. The zero-order valence-electron chi connectivity index (χ0n) is 11.0. The summed E-state index contributed by atoms with van der Waals surface area (Å²) in [6.07, 6.45) is 0.924. The largest absolute Gasteiger partial charge is 0.495 e. The van der Waals surface area contributed by atoms with Crippen LogP contribution in [0, 0.1) is 0 Å². The zero-order chi connectivity index (χ0) is 13.5. The Morgan fingerprint density at radius 3 is 2.72 bits per heavy atom. The summed E-state index contributed by atoms with van der Waals surface area (Å²) in [7, 11) is 3.22. The molecular weight excluding hydrogens is 232 g/mol. The molecule has 0 saturated heterocycles. The van der Waals surface area contributed by atoms with E-state index in [1.54, 1.807) is 14.2 Å². The summed E-state index contributed by atoms with van der Waals surface area (Å²) in [5, 5.41) is 14.8. The van der Waals surface area contributed by atoms with Crippen LogP contribution in [0.2, 0.25) is 0 Å². The molecule has 0 heterocycles. The maximum atomic E-state index is 10.9. The summed E-state index contributed by atoms with van der Waals surface area (Å²) in [4.78, 5) is 10.9. The minimum atomic E-state index is -0.879. The summed E-state index contributed by atoms with van der Waals surface area (Å²) in [5.74, 6) is -0.164. The number of carbonyl (C=O) groups is 1. The monoisotopic (exact) mass is 252 g/mol. The van der Waals surface area contributed by atoms with Crippen molar-refractivity contribution in [1.82, 2.24) is 5.32 Å². The molecule has 0 fully saturated rings. The highest BCUT2D eigenvalue weighted by atomic mass is 16.5. The molecule has 1 unspecified atom stereocenters. The molecule has 3 N–H and O–H groups in total. The number of hydrogen-bond donors (Lipinski definition) is 3. The highest BCUT2D eigenvalue weighted by molar-refractivity contribution is 5.74. The number of carboxylic acid groups (broad SMARTS) is 1. The van der Waals surface area contributed by atoms with Gasteiger partial charge in [0.15, 0.2) is 0 Å². The molecule has 1 aromatic rings. The van der Waals surface area contributed by atoms with E-state index in [4.69, 9.17) is 9.84 Å². The first kappa shape index (κ1) is 14.3. The highest BCUT2D eigenvalue weighted by Gasteiger charge is 2.15. The van der Waals surface area contributed by atoms with Crippen LogP contribution in [-0.2, 0) is 11.2 Å². The van der Waals surface area contributed by atoms with Crippen molar-refractivity contribution in [1.29, 1.82) is 0 Å². The Morgan fingerprint density at radius 1 is 1.50 bits per heavy atom. The number of carboxylic acids is 1. The average molecular weight is 252 g/mol. The molecule has 1 rings (SSSR count). The number of anilines is 1. The van der Waals surface area contributed by atoms with Gasteiger partial charge in [0.25, 0.3) is 0 Å². The summed E-state index contributed by atoms with van der Waals surface area (Å²) in [5.41, 5.74) is 1.99. The molecule has 1 atom stereocenters. The van der Waals surface area contributed by atoms with Gasteiger partial charge in [-0.25, -0.2) is 0 Å². The predicted octanol–water partition coefficient (Wildman–Crippen LogP) is 1.34. The highest BCUT2D eigenvalue weighted by Crippen LogP contribution is 2.25. The molecule has 0 amide bonds. The van der Waals surface area contributed by atoms with Crippen molar-refractivity contribution in [3.8, 4) is 5.75 Å². The molecule has 0 aliphatic carbocycles. The molecule has 100 valence electrons. The molecule has 5 heteroatoms. The Balaban J connectivity index is 2.78. The Bertz CT molecular complexity index is 407. The van der Waals surface area contributed by atoms with E-state index < -0.39 is 12.0 Å². The van der Waals surface area contributed by atoms with Crippen molar-refractivity contribution < 1.29 is 14.6 Å². The normalized spacial score (nSPS) is 11.9. The first-order chi connectivity index (χ1) is 8.62. The lowest BCUT2D eigenvalue weighted by Gasteiger charge is -2.16. The maximum Gasteiger partial charge on any atom is 0.322 e. The minimum Gasteiger partial charge on any atom is -0.495 e. The van der Waals surface area contributed by atoms with E-state index in [-0.39, 0.29) is 0 Å². The van der Waals surface area contributed by atoms with Crippen LogP contribution in [0.15, 0.2) is 18.2 Å². The lowest BCUT2D eigenvalue weighted by molar-refractivity contribution is -0.138. The lowest BCUT2D eigenvalue weighted by Crippen LogP contribution is -2.39. The Hall–Kier alpha value is -1.75. The molecule has 0 aromatic heterocycles. The summed E-state index contributed by atoms with van der Waals surface area (Å²) in [6.45, 7) is 2.37. The minimum absolute atomic E-state index is 0.301. The van der Waals surface area contributed by atoms with E-state index in [9.17, 15) is 4.79 Å². The van der Waals surface area contributed by atoms with Crippen molar-refractivity contribution in [3.63, 3.8) is 0 Å². The maximum absolute atomic E-state index is 10.9. The van der Waals surface area contributed by atoms with Crippen LogP contribution in [0.5, 0.6) is 5.75 Å². The molecule has 0 bridgehead atoms. The zero-order valence-corrected chi connectivity index (χ0v) is 11.0. The number of aliphatic carboxylic acids is 1. The second kappa shape index (κ2) is 6.86. The van der Waals surface area contributed by atoms with Crippen molar-refractivity contribution in [2.45, 2.75) is 19.4 Å². The van der Waals surface area contributed by atoms with E-state index >= 15 is 0 Å². The van der Waals surface area contributed by atoms with Crippen LogP contribution in [0.25, 0.3) is 0 Å². The number of likely N-dealkylation sites (N-methyl/N-ethyl adjacent to an activating group) is 1. The number of rotatable bonds is 7. The van der Waals surface area contributed by atoms with Gasteiger partial charge in [-0.2, -0.15) is 0 Å². The van der Waals surface area contributed by atoms with Crippen LogP contribution in [0.1, 0.15) is 12.5 Å². The number of hydrogen-bond acceptors (Lipinski definition) is 4. The van der Waals surface area contributed by atoms with Crippen molar-refractivity contribution >= 4 is 11.7 Å². The first-order valence-corrected chi connectivity index (χ1v) is 5.93. The molecule has 18 heavy (non-hydrogen) atoms. The topological polar surface area (TPSA) is 70.6 Å². The van der Waals surface area contributed by atoms with Crippen LogP contribution in [-0.4, -0.2) is 37.8 Å². The van der Waals surface area contributed by atoms with E-state index in [0.717, 1.165) is 12.1 Å². The van der Waals surface area contributed by atoms with Gasteiger partial charge >= 0.3 is 5.97 Å². The van der Waals surface area contributed by atoms with Crippen molar-refractivity contribution in [3.05, 3.63) is 23.8 Å². The third-order valence-corrected chi connectivity index (χ3v) is 2.82. The Kier molecular flexibility index (Phi) is 5.45. The van der Waals surface area contributed by atoms with Gasteiger partial charge in [0.1, 0.15) is 11.8 Å². The van der Waals surface area contributed by atoms with E-state index in [2.05, 4.69) is 17.6 Å².